The maximum atomic E-state index is 11.2. The third-order valence-electron chi connectivity index (χ3n) is 4.63. The van der Waals surface area contributed by atoms with E-state index in [1.165, 1.54) is 0 Å². The molecular formula is C16H23BO5. The number of carboxylic acids is 1. The molecule has 0 aliphatic carbocycles. The molecule has 0 aromatic heterocycles. The van der Waals surface area contributed by atoms with E-state index in [2.05, 4.69) is 0 Å². The fourth-order valence-corrected chi connectivity index (χ4v) is 2.32. The second kappa shape index (κ2) is 5.59. The van der Waals surface area contributed by atoms with E-state index in [0.717, 1.165) is 0 Å². The summed E-state index contributed by atoms with van der Waals surface area (Å²) in [6.07, 6.45) is 0. The Bertz CT molecular complexity index is 566. The first-order valence-corrected chi connectivity index (χ1v) is 7.35. The fourth-order valence-electron chi connectivity index (χ4n) is 2.32. The minimum absolute atomic E-state index is 0.461. The van der Waals surface area contributed by atoms with Crippen molar-refractivity contribution in [1.82, 2.24) is 0 Å². The average Bonchev–Trinajstić information content (AvgIpc) is 2.65. The molecule has 0 radical (unpaired) electrons. The van der Waals surface area contributed by atoms with Crippen LogP contribution < -0.4 is 10.2 Å². The van der Waals surface area contributed by atoms with Crippen LogP contribution in [0.4, 0.5) is 0 Å². The summed E-state index contributed by atoms with van der Waals surface area (Å²) in [6.45, 7) is 9.55. The van der Waals surface area contributed by atoms with Gasteiger partial charge < -0.3 is 19.2 Å². The molecule has 5 nitrogen and oxygen atoms in total. The average molecular weight is 306 g/mol. The third kappa shape index (κ3) is 2.85. The summed E-state index contributed by atoms with van der Waals surface area (Å²) in [7, 11) is 0.991. The number of benzene rings is 1. The van der Waals surface area contributed by atoms with E-state index in [1.54, 1.807) is 32.2 Å². The van der Waals surface area contributed by atoms with Crippen molar-refractivity contribution >= 4 is 18.6 Å². The Kier molecular flexibility index (Phi) is 4.28. The van der Waals surface area contributed by atoms with Crippen molar-refractivity contribution in [2.45, 2.75) is 51.7 Å². The van der Waals surface area contributed by atoms with Crippen molar-refractivity contribution in [1.29, 1.82) is 0 Å². The van der Waals surface area contributed by atoms with Crippen LogP contribution in [0.1, 0.15) is 46.1 Å². The molecule has 1 N–H and O–H groups in total. The van der Waals surface area contributed by atoms with Crippen molar-refractivity contribution in [3.05, 3.63) is 23.8 Å². The van der Waals surface area contributed by atoms with Crippen LogP contribution >= 0.6 is 0 Å². The summed E-state index contributed by atoms with van der Waals surface area (Å²) in [4.78, 5) is 11.2. The molecule has 1 saturated heterocycles. The SMILES string of the molecule is COc1ccc(C(C)C(=O)O)cc1B1OC(C)(C)C(C)(C)O1. The van der Waals surface area contributed by atoms with Crippen molar-refractivity contribution in [2.24, 2.45) is 0 Å². The lowest BCUT2D eigenvalue weighted by Gasteiger charge is -2.32. The smallest absolute Gasteiger partial charge is 0.497 e. The van der Waals surface area contributed by atoms with E-state index in [-0.39, 0.29) is 0 Å². The lowest BCUT2D eigenvalue weighted by atomic mass is 9.76. The lowest BCUT2D eigenvalue weighted by Crippen LogP contribution is -2.41. The van der Waals surface area contributed by atoms with E-state index >= 15 is 0 Å². The van der Waals surface area contributed by atoms with Gasteiger partial charge in [0, 0.05) is 5.46 Å². The molecule has 22 heavy (non-hydrogen) atoms. The standard InChI is InChI=1S/C16H23BO5/c1-10(14(18)19)11-7-8-13(20-6)12(9-11)17-21-15(2,3)16(4,5)22-17/h7-10H,1-6H3,(H,18,19). The van der Waals surface area contributed by atoms with Crippen LogP contribution in [-0.4, -0.2) is 36.5 Å². The number of hydrogen-bond acceptors (Lipinski definition) is 4. The van der Waals surface area contributed by atoms with Crippen molar-refractivity contribution in [3.8, 4) is 5.75 Å². The Hall–Kier alpha value is -1.53. The summed E-state index contributed by atoms with van der Waals surface area (Å²) in [5.74, 6) is -0.850. The number of aliphatic carboxylic acids is 1. The van der Waals surface area contributed by atoms with E-state index in [0.29, 0.717) is 16.8 Å². The number of carboxylic acid groups (broad SMARTS) is 1. The summed E-state index contributed by atoms with van der Waals surface area (Å²) in [6, 6.07) is 5.31. The van der Waals surface area contributed by atoms with Gasteiger partial charge in [0.2, 0.25) is 0 Å². The highest BCUT2D eigenvalue weighted by atomic mass is 16.7. The van der Waals surface area contributed by atoms with Crippen LogP contribution in [0.15, 0.2) is 18.2 Å². The molecule has 1 aromatic carbocycles. The van der Waals surface area contributed by atoms with Crippen LogP contribution in [0.2, 0.25) is 0 Å². The van der Waals surface area contributed by atoms with Crippen LogP contribution in [0, 0.1) is 0 Å². The minimum atomic E-state index is -0.870. The Morgan fingerprint density at radius 2 is 1.77 bits per heavy atom. The van der Waals surface area contributed by atoms with Gasteiger partial charge in [-0.25, -0.2) is 0 Å². The van der Waals surface area contributed by atoms with Crippen LogP contribution in [0.3, 0.4) is 0 Å². The molecule has 1 aromatic rings. The molecule has 6 heteroatoms. The van der Waals surface area contributed by atoms with Gasteiger partial charge in [-0.1, -0.05) is 12.1 Å². The summed E-state index contributed by atoms with van der Waals surface area (Å²) in [5.41, 5.74) is 0.485. The van der Waals surface area contributed by atoms with E-state index in [4.69, 9.17) is 14.0 Å². The minimum Gasteiger partial charge on any atom is -0.497 e. The van der Waals surface area contributed by atoms with Crippen molar-refractivity contribution in [3.63, 3.8) is 0 Å². The second-order valence-corrected chi connectivity index (χ2v) is 6.65. The molecule has 1 heterocycles. The van der Waals surface area contributed by atoms with Gasteiger partial charge >= 0.3 is 13.1 Å². The van der Waals surface area contributed by atoms with Gasteiger partial charge in [0.15, 0.2) is 0 Å². The number of rotatable bonds is 4. The zero-order chi connectivity index (χ0) is 16.7. The van der Waals surface area contributed by atoms with E-state index in [9.17, 15) is 9.90 Å². The van der Waals surface area contributed by atoms with Gasteiger partial charge in [-0.3, -0.25) is 4.79 Å². The predicted octanol–water partition coefficient (Wildman–Crippen LogP) is 2.18. The number of methoxy groups -OCH3 is 1. The molecule has 0 bridgehead atoms. The van der Waals surface area contributed by atoms with Gasteiger partial charge in [-0.15, -0.1) is 0 Å². The summed E-state index contributed by atoms with van der Waals surface area (Å²) < 4.78 is 17.5. The topological polar surface area (TPSA) is 65.0 Å². The van der Waals surface area contributed by atoms with Gasteiger partial charge in [0.05, 0.1) is 24.2 Å². The van der Waals surface area contributed by atoms with Crippen molar-refractivity contribution < 1.29 is 23.9 Å². The van der Waals surface area contributed by atoms with Gasteiger partial charge in [0.25, 0.3) is 0 Å². The summed E-state index contributed by atoms with van der Waals surface area (Å²) in [5, 5.41) is 9.19. The Labute approximate surface area is 131 Å². The highest BCUT2D eigenvalue weighted by Gasteiger charge is 2.52. The van der Waals surface area contributed by atoms with Crippen molar-refractivity contribution in [2.75, 3.05) is 7.11 Å². The predicted molar refractivity (Wildman–Crippen MR) is 84.8 cm³/mol. The summed E-state index contributed by atoms with van der Waals surface area (Å²) >= 11 is 0. The molecule has 1 aliphatic rings. The fraction of sp³-hybridized carbons (Fsp3) is 0.562. The zero-order valence-corrected chi connectivity index (χ0v) is 14.0. The molecule has 1 fully saturated rings. The zero-order valence-electron chi connectivity index (χ0n) is 14.0. The molecule has 0 amide bonds. The lowest BCUT2D eigenvalue weighted by molar-refractivity contribution is -0.138. The molecule has 0 saturated carbocycles. The third-order valence-corrected chi connectivity index (χ3v) is 4.63. The van der Waals surface area contributed by atoms with Gasteiger partial charge in [-0.2, -0.15) is 0 Å². The molecular weight excluding hydrogens is 283 g/mol. The highest BCUT2D eigenvalue weighted by molar-refractivity contribution is 6.63. The number of hydrogen-bond donors (Lipinski definition) is 1. The molecule has 1 unspecified atom stereocenters. The first kappa shape index (κ1) is 16.8. The van der Waals surface area contributed by atoms with Crippen LogP contribution in [-0.2, 0) is 14.1 Å². The maximum absolute atomic E-state index is 11.2. The first-order chi connectivity index (χ1) is 10.1. The molecule has 0 spiro atoms. The number of carbonyl (C=O) groups is 1. The van der Waals surface area contributed by atoms with E-state index in [1.807, 2.05) is 27.7 Å². The Morgan fingerprint density at radius 1 is 1.23 bits per heavy atom. The van der Waals surface area contributed by atoms with E-state index < -0.39 is 30.2 Å². The largest absolute Gasteiger partial charge is 0.498 e. The molecule has 2 rings (SSSR count). The van der Waals surface area contributed by atoms with Crippen LogP contribution in [0.25, 0.3) is 0 Å². The highest BCUT2D eigenvalue weighted by Crippen LogP contribution is 2.37. The van der Waals surface area contributed by atoms with Crippen LogP contribution in [0.5, 0.6) is 5.75 Å². The maximum Gasteiger partial charge on any atom is 0.498 e. The normalized spacial score (nSPS) is 20.7. The number of ether oxygens (including phenoxy) is 1. The second-order valence-electron chi connectivity index (χ2n) is 6.65. The Balaban J connectivity index is 2.42. The van der Waals surface area contributed by atoms with Gasteiger partial charge in [0.1, 0.15) is 5.75 Å². The molecule has 1 aliphatic heterocycles. The first-order valence-electron chi connectivity index (χ1n) is 7.35. The quantitative estimate of drug-likeness (QED) is 0.864. The molecule has 1 atom stereocenters. The van der Waals surface area contributed by atoms with Gasteiger partial charge in [-0.05, 0) is 46.2 Å². The Morgan fingerprint density at radius 3 is 2.23 bits per heavy atom. The monoisotopic (exact) mass is 306 g/mol. The molecule has 120 valence electrons.